The van der Waals surface area contributed by atoms with E-state index in [1.165, 1.54) is 57.8 Å². The Morgan fingerprint density at radius 3 is 2.36 bits per heavy atom. The Bertz CT molecular complexity index is 351. The molecule has 0 radical (unpaired) electrons. The lowest BCUT2D eigenvalue weighted by atomic mass is 9.68. The second-order valence-corrected chi connectivity index (χ2v) is 8.51. The van der Waals surface area contributed by atoms with Crippen molar-refractivity contribution in [3.8, 4) is 0 Å². The van der Waals surface area contributed by atoms with Crippen molar-refractivity contribution >= 4 is 0 Å². The highest BCUT2D eigenvalue weighted by molar-refractivity contribution is 5.04. The van der Waals surface area contributed by atoms with Crippen molar-refractivity contribution in [2.75, 3.05) is 0 Å². The van der Waals surface area contributed by atoms with Gasteiger partial charge in [0.15, 0.2) is 0 Å². The lowest BCUT2D eigenvalue weighted by Crippen LogP contribution is -2.30. The van der Waals surface area contributed by atoms with Gasteiger partial charge in [-0.3, -0.25) is 0 Å². The summed E-state index contributed by atoms with van der Waals surface area (Å²) in [7, 11) is 0. The number of hydrogen-bond acceptors (Lipinski definition) is 1. The molecule has 1 saturated carbocycles. The highest BCUT2D eigenvalue weighted by atomic mass is 14.6. The zero-order valence-corrected chi connectivity index (χ0v) is 15.5. The van der Waals surface area contributed by atoms with Crippen molar-refractivity contribution in [3.63, 3.8) is 0 Å². The molecule has 22 heavy (non-hydrogen) atoms. The van der Waals surface area contributed by atoms with E-state index < -0.39 is 0 Å². The number of allylic oxidation sites excluding steroid dienone is 2. The molecule has 1 heteroatoms. The minimum atomic E-state index is 0.490. The maximum atomic E-state index is 6.06. The molecule has 2 aliphatic rings. The van der Waals surface area contributed by atoms with Gasteiger partial charge in [0.1, 0.15) is 0 Å². The summed E-state index contributed by atoms with van der Waals surface area (Å²) in [5, 5.41) is 0. The van der Waals surface area contributed by atoms with Gasteiger partial charge < -0.3 is 5.73 Å². The first-order chi connectivity index (χ1) is 10.5. The largest absolute Gasteiger partial charge is 0.328 e. The van der Waals surface area contributed by atoms with Gasteiger partial charge in [-0.2, -0.15) is 0 Å². The average Bonchev–Trinajstić information content (AvgIpc) is 2.52. The molecular formula is C21H39N. The molecule has 0 saturated heterocycles. The third-order valence-corrected chi connectivity index (χ3v) is 6.92. The zero-order chi connectivity index (χ0) is 16.1. The lowest BCUT2D eigenvalue weighted by molar-refractivity contribution is 0.141. The molecule has 0 aromatic heterocycles. The molecule has 0 aliphatic heterocycles. The van der Waals surface area contributed by atoms with Crippen LogP contribution in [0.25, 0.3) is 0 Å². The standard InChI is InChI=1S/C21H39N/c1-5-21(19-10-6-15(2)7-11-19)17(4)16(3)14-18-8-12-20(22)13-9-18/h6,16-21H,5,7-14,22H2,1-4H3. The van der Waals surface area contributed by atoms with Crippen molar-refractivity contribution in [2.24, 2.45) is 35.3 Å². The molecule has 0 aromatic rings. The maximum Gasteiger partial charge on any atom is 0.00390 e. The summed E-state index contributed by atoms with van der Waals surface area (Å²) in [5.74, 6) is 4.55. The topological polar surface area (TPSA) is 26.0 Å². The Labute approximate surface area is 139 Å². The highest BCUT2D eigenvalue weighted by Gasteiger charge is 2.31. The van der Waals surface area contributed by atoms with Crippen molar-refractivity contribution in [1.29, 1.82) is 0 Å². The Morgan fingerprint density at radius 1 is 1.14 bits per heavy atom. The molecule has 128 valence electrons. The first-order valence-electron chi connectivity index (χ1n) is 9.92. The predicted octanol–water partition coefficient (Wildman–Crippen LogP) is 5.94. The van der Waals surface area contributed by atoms with Crippen molar-refractivity contribution < 1.29 is 0 Å². The van der Waals surface area contributed by atoms with Gasteiger partial charge in [-0.1, -0.05) is 38.8 Å². The first-order valence-corrected chi connectivity index (χ1v) is 9.92. The fraction of sp³-hybridized carbons (Fsp3) is 0.905. The molecule has 1 fully saturated rings. The SMILES string of the molecule is CCC(C1CC=C(C)CC1)C(C)C(C)CC1CCC(N)CC1. The summed E-state index contributed by atoms with van der Waals surface area (Å²) in [6.07, 6.45) is 14.7. The molecule has 2 N–H and O–H groups in total. The van der Waals surface area contributed by atoms with E-state index in [2.05, 4.69) is 33.8 Å². The number of rotatable bonds is 6. The molecule has 0 spiro atoms. The molecule has 2 aliphatic carbocycles. The number of nitrogens with two attached hydrogens (primary N) is 1. The van der Waals surface area contributed by atoms with Crippen LogP contribution in [0, 0.1) is 29.6 Å². The van der Waals surface area contributed by atoms with Gasteiger partial charge in [0.05, 0.1) is 0 Å². The van der Waals surface area contributed by atoms with Crippen LogP contribution < -0.4 is 5.73 Å². The zero-order valence-electron chi connectivity index (χ0n) is 15.5. The van der Waals surface area contributed by atoms with Crippen LogP contribution in [0.1, 0.15) is 85.5 Å². The van der Waals surface area contributed by atoms with E-state index in [1.807, 2.05) is 0 Å². The van der Waals surface area contributed by atoms with Crippen LogP contribution in [0.5, 0.6) is 0 Å². The van der Waals surface area contributed by atoms with Gasteiger partial charge in [0.2, 0.25) is 0 Å². The summed E-state index contributed by atoms with van der Waals surface area (Å²) >= 11 is 0. The van der Waals surface area contributed by atoms with E-state index in [4.69, 9.17) is 5.73 Å². The molecule has 1 nitrogen and oxygen atoms in total. The summed E-state index contributed by atoms with van der Waals surface area (Å²) in [5.41, 5.74) is 7.68. The van der Waals surface area contributed by atoms with Crippen LogP contribution in [-0.2, 0) is 0 Å². The van der Waals surface area contributed by atoms with Gasteiger partial charge in [0.25, 0.3) is 0 Å². The molecule has 0 amide bonds. The first kappa shape index (κ1) is 18.0. The van der Waals surface area contributed by atoms with Gasteiger partial charge in [0, 0.05) is 6.04 Å². The van der Waals surface area contributed by atoms with Crippen LogP contribution in [0.2, 0.25) is 0 Å². The summed E-state index contributed by atoms with van der Waals surface area (Å²) in [6.45, 7) is 9.78. The molecule has 0 bridgehead atoms. The third-order valence-electron chi connectivity index (χ3n) is 6.92. The normalized spacial score (nSPS) is 33.9. The van der Waals surface area contributed by atoms with Gasteiger partial charge >= 0.3 is 0 Å². The van der Waals surface area contributed by atoms with Crippen LogP contribution >= 0.6 is 0 Å². The molecule has 4 atom stereocenters. The Kier molecular flexibility index (Phi) is 6.99. The van der Waals surface area contributed by atoms with E-state index in [0.717, 1.165) is 29.6 Å². The van der Waals surface area contributed by atoms with E-state index in [0.29, 0.717) is 6.04 Å². The number of hydrogen-bond donors (Lipinski definition) is 1. The van der Waals surface area contributed by atoms with Crippen molar-refractivity contribution in [3.05, 3.63) is 11.6 Å². The molecule has 0 aromatic carbocycles. The molecular weight excluding hydrogens is 266 g/mol. The molecule has 2 rings (SSSR count). The monoisotopic (exact) mass is 305 g/mol. The quantitative estimate of drug-likeness (QED) is 0.604. The Hall–Kier alpha value is -0.300. The minimum Gasteiger partial charge on any atom is -0.328 e. The van der Waals surface area contributed by atoms with Crippen LogP contribution in [0.4, 0.5) is 0 Å². The second kappa shape index (κ2) is 8.52. The van der Waals surface area contributed by atoms with E-state index >= 15 is 0 Å². The fourth-order valence-electron chi connectivity index (χ4n) is 5.10. The maximum absolute atomic E-state index is 6.06. The van der Waals surface area contributed by atoms with E-state index in [9.17, 15) is 0 Å². The lowest BCUT2D eigenvalue weighted by Gasteiger charge is -2.38. The van der Waals surface area contributed by atoms with Gasteiger partial charge in [-0.15, -0.1) is 0 Å². The average molecular weight is 306 g/mol. The minimum absolute atomic E-state index is 0.490. The van der Waals surface area contributed by atoms with Crippen molar-refractivity contribution in [2.45, 2.75) is 91.5 Å². The van der Waals surface area contributed by atoms with Crippen LogP contribution in [-0.4, -0.2) is 6.04 Å². The summed E-state index contributed by atoms with van der Waals surface area (Å²) in [6, 6.07) is 0.490. The van der Waals surface area contributed by atoms with Gasteiger partial charge in [-0.05, 0) is 87.9 Å². The smallest absolute Gasteiger partial charge is 0.00390 e. The predicted molar refractivity (Wildman–Crippen MR) is 97.8 cm³/mol. The van der Waals surface area contributed by atoms with Gasteiger partial charge in [-0.25, -0.2) is 0 Å². The van der Waals surface area contributed by atoms with Crippen LogP contribution in [0.3, 0.4) is 0 Å². The molecule has 4 unspecified atom stereocenters. The van der Waals surface area contributed by atoms with E-state index in [1.54, 1.807) is 5.57 Å². The highest BCUT2D eigenvalue weighted by Crippen LogP contribution is 2.40. The summed E-state index contributed by atoms with van der Waals surface area (Å²) < 4.78 is 0. The summed E-state index contributed by atoms with van der Waals surface area (Å²) in [4.78, 5) is 0. The van der Waals surface area contributed by atoms with Crippen LogP contribution in [0.15, 0.2) is 11.6 Å². The van der Waals surface area contributed by atoms with Crippen molar-refractivity contribution in [1.82, 2.24) is 0 Å². The second-order valence-electron chi connectivity index (χ2n) is 8.51. The third kappa shape index (κ3) is 4.85. The Morgan fingerprint density at radius 2 is 1.82 bits per heavy atom. The molecule has 0 heterocycles. The van der Waals surface area contributed by atoms with E-state index in [-0.39, 0.29) is 0 Å². The fourth-order valence-corrected chi connectivity index (χ4v) is 5.10. The Balaban J connectivity index is 1.86.